The summed E-state index contributed by atoms with van der Waals surface area (Å²) >= 11 is 0. The molecular formula is C23H25FN4O2. The number of nitrogens with zero attached hydrogens (tertiary/aromatic N) is 2. The van der Waals surface area contributed by atoms with Gasteiger partial charge in [0.05, 0.1) is 16.8 Å². The quantitative estimate of drug-likeness (QED) is 0.811. The summed E-state index contributed by atoms with van der Waals surface area (Å²) in [6.45, 7) is 2.39. The molecule has 0 aliphatic carbocycles. The Morgan fingerprint density at radius 3 is 2.60 bits per heavy atom. The van der Waals surface area contributed by atoms with Gasteiger partial charge < -0.3 is 20.7 Å². The van der Waals surface area contributed by atoms with Crippen LogP contribution in [0.3, 0.4) is 0 Å². The Hall–Kier alpha value is -2.95. The smallest absolute Gasteiger partial charge is 0.240 e. The number of hydrogen-bond acceptors (Lipinski definition) is 5. The van der Waals surface area contributed by atoms with Crippen LogP contribution >= 0.6 is 0 Å². The molecule has 0 saturated carbocycles. The number of amides is 1. The fourth-order valence-electron chi connectivity index (χ4n) is 4.11. The minimum absolute atomic E-state index is 0.0101. The van der Waals surface area contributed by atoms with Gasteiger partial charge in [0.15, 0.2) is 0 Å². The summed E-state index contributed by atoms with van der Waals surface area (Å²) < 4.78 is 18.5. The second-order valence-corrected chi connectivity index (χ2v) is 8.02. The van der Waals surface area contributed by atoms with Crippen LogP contribution in [0.1, 0.15) is 24.8 Å². The van der Waals surface area contributed by atoms with Gasteiger partial charge in [-0.1, -0.05) is 18.2 Å². The highest BCUT2D eigenvalue weighted by molar-refractivity contribution is 5.86. The van der Waals surface area contributed by atoms with E-state index in [1.807, 2.05) is 18.2 Å². The standard InChI is InChI=1S/C23H25FN4O2/c24-19-4-1-16(2-5-19)17-3-6-21(18(13-17)14-25)28-10-7-20(15-28)27-22(29)23(26)8-11-30-12-9-23/h1-6,13,20H,7-12,15,26H2,(H,27,29)/t20-/m0/s1. The first kappa shape index (κ1) is 20.3. The Bertz CT molecular complexity index is 964. The zero-order chi connectivity index (χ0) is 21.1. The molecule has 6 nitrogen and oxygen atoms in total. The Morgan fingerprint density at radius 1 is 1.20 bits per heavy atom. The molecule has 2 aliphatic rings. The molecule has 1 atom stereocenters. The van der Waals surface area contributed by atoms with Crippen molar-refractivity contribution >= 4 is 11.6 Å². The summed E-state index contributed by atoms with van der Waals surface area (Å²) in [7, 11) is 0. The first-order valence-corrected chi connectivity index (χ1v) is 10.2. The zero-order valence-electron chi connectivity index (χ0n) is 16.7. The van der Waals surface area contributed by atoms with Crippen LogP contribution in [0.2, 0.25) is 0 Å². The molecule has 7 heteroatoms. The SMILES string of the molecule is N#Cc1cc(-c2ccc(F)cc2)ccc1N1CC[C@H](NC(=O)C2(N)CCOCC2)C1. The van der Waals surface area contributed by atoms with E-state index in [-0.39, 0.29) is 17.8 Å². The molecular weight excluding hydrogens is 383 g/mol. The van der Waals surface area contributed by atoms with Crippen LogP contribution in [0.5, 0.6) is 0 Å². The first-order chi connectivity index (χ1) is 14.5. The second kappa shape index (κ2) is 8.42. The lowest BCUT2D eigenvalue weighted by molar-refractivity contribution is -0.130. The number of nitrogens with two attached hydrogens (primary N) is 1. The Balaban J connectivity index is 1.45. The molecule has 2 fully saturated rings. The van der Waals surface area contributed by atoms with E-state index in [0.29, 0.717) is 38.2 Å². The Kier molecular flexibility index (Phi) is 5.71. The normalized spacial score (nSPS) is 20.6. The van der Waals surface area contributed by atoms with E-state index in [9.17, 15) is 14.4 Å². The molecule has 0 spiro atoms. The monoisotopic (exact) mass is 408 g/mol. The third-order valence-corrected chi connectivity index (χ3v) is 6.00. The molecule has 0 radical (unpaired) electrons. The summed E-state index contributed by atoms with van der Waals surface area (Å²) in [4.78, 5) is 14.8. The summed E-state index contributed by atoms with van der Waals surface area (Å²) in [6.07, 6.45) is 1.85. The molecule has 0 unspecified atom stereocenters. The minimum atomic E-state index is -0.861. The van der Waals surface area contributed by atoms with E-state index >= 15 is 0 Å². The number of nitrogens with one attached hydrogen (secondary N) is 1. The van der Waals surface area contributed by atoms with Crippen LogP contribution in [-0.4, -0.2) is 43.8 Å². The molecule has 0 bridgehead atoms. The van der Waals surface area contributed by atoms with E-state index in [1.165, 1.54) is 12.1 Å². The highest BCUT2D eigenvalue weighted by Crippen LogP contribution is 2.30. The number of carbonyl (C=O) groups is 1. The number of anilines is 1. The van der Waals surface area contributed by atoms with Crippen LogP contribution in [0, 0.1) is 17.1 Å². The maximum Gasteiger partial charge on any atom is 0.240 e. The van der Waals surface area contributed by atoms with E-state index in [0.717, 1.165) is 29.8 Å². The summed E-state index contributed by atoms with van der Waals surface area (Å²) in [5.41, 5.74) is 8.54. The number of hydrogen-bond donors (Lipinski definition) is 2. The van der Waals surface area contributed by atoms with Crippen molar-refractivity contribution in [1.29, 1.82) is 5.26 Å². The van der Waals surface area contributed by atoms with E-state index < -0.39 is 5.54 Å². The summed E-state index contributed by atoms with van der Waals surface area (Å²) in [5.74, 6) is -0.411. The van der Waals surface area contributed by atoms with Crippen molar-refractivity contribution in [2.75, 3.05) is 31.2 Å². The summed E-state index contributed by atoms with van der Waals surface area (Å²) in [5, 5.41) is 12.8. The molecule has 156 valence electrons. The number of nitriles is 1. The van der Waals surface area contributed by atoms with E-state index in [1.54, 1.807) is 12.1 Å². The van der Waals surface area contributed by atoms with Crippen LogP contribution < -0.4 is 16.0 Å². The highest BCUT2D eigenvalue weighted by atomic mass is 19.1. The third kappa shape index (κ3) is 4.16. The largest absolute Gasteiger partial charge is 0.381 e. The van der Waals surface area contributed by atoms with Gasteiger partial charge in [-0.2, -0.15) is 5.26 Å². The minimum Gasteiger partial charge on any atom is -0.381 e. The molecule has 2 saturated heterocycles. The van der Waals surface area contributed by atoms with Gasteiger partial charge in [-0.3, -0.25) is 4.79 Å². The van der Waals surface area contributed by atoms with Gasteiger partial charge >= 0.3 is 0 Å². The predicted octanol–water partition coefficient (Wildman–Crippen LogP) is 2.57. The number of rotatable bonds is 4. The zero-order valence-corrected chi connectivity index (χ0v) is 16.7. The molecule has 2 heterocycles. The van der Waals surface area contributed by atoms with Gasteiger partial charge in [0.25, 0.3) is 0 Å². The van der Waals surface area contributed by atoms with Crippen molar-refractivity contribution in [1.82, 2.24) is 5.32 Å². The number of halogens is 1. The lowest BCUT2D eigenvalue weighted by Gasteiger charge is -2.33. The second-order valence-electron chi connectivity index (χ2n) is 8.02. The molecule has 30 heavy (non-hydrogen) atoms. The van der Waals surface area contributed by atoms with Crippen molar-refractivity contribution < 1.29 is 13.9 Å². The third-order valence-electron chi connectivity index (χ3n) is 6.00. The van der Waals surface area contributed by atoms with Gasteiger partial charge in [-0.05, 0) is 54.7 Å². The average Bonchev–Trinajstić information content (AvgIpc) is 3.22. The molecule has 1 amide bonds. The fraction of sp³-hybridized carbons (Fsp3) is 0.391. The van der Waals surface area contributed by atoms with Crippen molar-refractivity contribution in [2.45, 2.75) is 30.8 Å². The van der Waals surface area contributed by atoms with Crippen molar-refractivity contribution in [3.63, 3.8) is 0 Å². The van der Waals surface area contributed by atoms with Crippen LogP contribution in [0.15, 0.2) is 42.5 Å². The number of ether oxygens (including phenoxy) is 1. The number of benzene rings is 2. The van der Waals surface area contributed by atoms with Crippen LogP contribution in [0.25, 0.3) is 11.1 Å². The van der Waals surface area contributed by atoms with Crippen LogP contribution in [-0.2, 0) is 9.53 Å². The van der Waals surface area contributed by atoms with Crippen LogP contribution in [0.4, 0.5) is 10.1 Å². The highest BCUT2D eigenvalue weighted by Gasteiger charge is 2.38. The maximum absolute atomic E-state index is 13.2. The molecule has 2 aromatic carbocycles. The molecule has 3 N–H and O–H groups in total. The van der Waals surface area contributed by atoms with E-state index in [2.05, 4.69) is 16.3 Å². The molecule has 0 aromatic heterocycles. The Morgan fingerprint density at radius 2 is 1.90 bits per heavy atom. The molecule has 2 aliphatic heterocycles. The van der Waals surface area contributed by atoms with Gasteiger partial charge in [0, 0.05) is 32.3 Å². The number of carbonyl (C=O) groups excluding carboxylic acids is 1. The lowest BCUT2D eigenvalue weighted by atomic mass is 9.90. The topological polar surface area (TPSA) is 91.4 Å². The van der Waals surface area contributed by atoms with E-state index in [4.69, 9.17) is 10.5 Å². The predicted molar refractivity (Wildman–Crippen MR) is 112 cm³/mol. The molecule has 2 aromatic rings. The first-order valence-electron chi connectivity index (χ1n) is 10.2. The summed E-state index contributed by atoms with van der Waals surface area (Å²) in [6, 6.07) is 14.2. The molecule has 4 rings (SSSR count). The van der Waals surface area contributed by atoms with Crippen molar-refractivity contribution in [3.8, 4) is 17.2 Å². The average molecular weight is 408 g/mol. The van der Waals surface area contributed by atoms with Gasteiger partial charge in [0.2, 0.25) is 5.91 Å². The van der Waals surface area contributed by atoms with Crippen molar-refractivity contribution in [3.05, 3.63) is 53.8 Å². The fourth-order valence-corrected chi connectivity index (χ4v) is 4.11. The van der Waals surface area contributed by atoms with Gasteiger partial charge in [-0.15, -0.1) is 0 Å². The van der Waals surface area contributed by atoms with Gasteiger partial charge in [0.1, 0.15) is 11.9 Å². The maximum atomic E-state index is 13.2. The Labute approximate surface area is 175 Å². The van der Waals surface area contributed by atoms with Crippen molar-refractivity contribution in [2.24, 2.45) is 5.73 Å². The lowest BCUT2D eigenvalue weighted by Crippen LogP contribution is -2.59. The van der Waals surface area contributed by atoms with Gasteiger partial charge in [-0.25, -0.2) is 4.39 Å².